The lowest BCUT2D eigenvalue weighted by molar-refractivity contribution is -0.144. The van der Waals surface area contributed by atoms with E-state index in [9.17, 15) is 28.8 Å². The molecule has 0 aromatic carbocycles. The minimum absolute atomic E-state index is 0.0486. The zero-order chi connectivity index (χ0) is 32.3. The van der Waals surface area contributed by atoms with Gasteiger partial charge in [0.1, 0.15) is 23.8 Å². The molecule has 13 nitrogen and oxygen atoms in total. The fourth-order valence-corrected chi connectivity index (χ4v) is 4.78. The topological polar surface area (TPSA) is 180 Å². The summed E-state index contributed by atoms with van der Waals surface area (Å²) in [5.74, 6) is -4.67. The van der Waals surface area contributed by atoms with Crippen molar-refractivity contribution in [3.05, 3.63) is 36.9 Å². The molecule has 0 spiro atoms. The molecular weight excluding hydrogens is 554 g/mol. The number of nitrogens with zero attached hydrogens (tertiary/aromatic N) is 3. The van der Waals surface area contributed by atoms with Gasteiger partial charge in [-0.3, -0.25) is 33.8 Å². The van der Waals surface area contributed by atoms with E-state index in [4.69, 9.17) is 0 Å². The van der Waals surface area contributed by atoms with Crippen LogP contribution in [0.3, 0.4) is 0 Å². The third-order valence-corrected chi connectivity index (χ3v) is 7.47. The highest BCUT2D eigenvalue weighted by atomic mass is 16.2. The van der Waals surface area contributed by atoms with E-state index in [0.717, 1.165) is 0 Å². The van der Waals surface area contributed by atoms with E-state index in [0.29, 0.717) is 19.3 Å². The molecule has 4 N–H and O–H groups in total. The van der Waals surface area contributed by atoms with Crippen LogP contribution in [0.5, 0.6) is 0 Å². The highest BCUT2D eigenvalue weighted by Gasteiger charge is 2.44. The van der Waals surface area contributed by atoms with E-state index in [1.165, 1.54) is 23.5 Å². The van der Waals surface area contributed by atoms with E-state index >= 15 is 0 Å². The first kappa shape index (κ1) is 35.0. The molecule has 5 amide bonds. The van der Waals surface area contributed by atoms with Crippen LogP contribution in [0, 0.1) is 17.8 Å². The second kappa shape index (κ2) is 16.5. The van der Waals surface area contributed by atoms with E-state index in [1.807, 2.05) is 6.92 Å². The quantitative estimate of drug-likeness (QED) is 0.169. The van der Waals surface area contributed by atoms with Crippen LogP contribution in [0.1, 0.15) is 71.3 Å². The Morgan fingerprint density at radius 3 is 2.23 bits per heavy atom. The second-order valence-corrected chi connectivity index (χ2v) is 11.5. The lowest BCUT2D eigenvalue weighted by atomic mass is 9.94. The Morgan fingerprint density at radius 1 is 1.00 bits per heavy atom. The first-order chi connectivity index (χ1) is 20.3. The van der Waals surface area contributed by atoms with Crippen LogP contribution in [-0.2, 0) is 24.0 Å². The molecule has 236 valence electrons. The second-order valence-electron chi connectivity index (χ2n) is 11.5. The largest absolute Gasteiger partial charge is 0.347 e. The average molecular weight is 600 g/mol. The van der Waals surface area contributed by atoms with Crippen LogP contribution in [0.25, 0.3) is 0 Å². The molecular formula is C30H45N7O6. The minimum atomic E-state index is -0.997. The Balaban J connectivity index is 2.19. The highest BCUT2D eigenvalue weighted by molar-refractivity contribution is 6.37. The van der Waals surface area contributed by atoms with Gasteiger partial charge in [0.25, 0.3) is 11.8 Å². The van der Waals surface area contributed by atoms with Gasteiger partial charge in [0.05, 0.1) is 12.7 Å². The Labute approximate surface area is 253 Å². The van der Waals surface area contributed by atoms with Gasteiger partial charge in [-0.2, -0.15) is 0 Å². The van der Waals surface area contributed by atoms with Gasteiger partial charge in [-0.1, -0.05) is 40.7 Å². The Bertz CT molecular complexity index is 1170. The molecule has 0 saturated carbocycles. The van der Waals surface area contributed by atoms with Crippen LogP contribution in [0.2, 0.25) is 0 Å². The SMILES string of the molecule is C=CC[C@H]1CCN(C(=O)C(NC(=O)C(NC(=O)c2cnccn2)C(C)C)C(C)C)[C@@H]1C(=O)NCC(=O)C(=O)N[C@@H](C)CC. The number of amides is 5. The maximum atomic E-state index is 13.9. The van der Waals surface area contributed by atoms with Crippen molar-refractivity contribution in [3.63, 3.8) is 0 Å². The number of allylic oxidation sites excluding steroid dienone is 1. The zero-order valence-electron chi connectivity index (χ0n) is 25.9. The molecule has 2 rings (SSSR count). The van der Waals surface area contributed by atoms with Crippen molar-refractivity contribution in [2.45, 2.75) is 85.0 Å². The summed E-state index contributed by atoms with van der Waals surface area (Å²) in [6.07, 6.45) is 7.36. The van der Waals surface area contributed by atoms with E-state index in [-0.39, 0.29) is 36.0 Å². The molecule has 43 heavy (non-hydrogen) atoms. The number of Topliss-reactive ketones (excluding diaryl/α,β-unsaturated/α-hetero) is 1. The van der Waals surface area contributed by atoms with Gasteiger partial charge in [-0.15, -0.1) is 6.58 Å². The predicted molar refractivity (Wildman–Crippen MR) is 159 cm³/mol. The van der Waals surface area contributed by atoms with Crippen LogP contribution in [0.15, 0.2) is 31.2 Å². The molecule has 2 unspecified atom stereocenters. The molecule has 5 atom stereocenters. The summed E-state index contributed by atoms with van der Waals surface area (Å²) >= 11 is 0. The van der Waals surface area contributed by atoms with Gasteiger partial charge in [0, 0.05) is 25.0 Å². The maximum Gasteiger partial charge on any atom is 0.289 e. The summed E-state index contributed by atoms with van der Waals surface area (Å²) in [7, 11) is 0. The summed E-state index contributed by atoms with van der Waals surface area (Å²) in [4.78, 5) is 87.1. The minimum Gasteiger partial charge on any atom is -0.347 e. The van der Waals surface area contributed by atoms with Crippen LogP contribution >= 0.6 is 0 Å². The van der Waals surface area contributed by atoms with E-state index in [1.54, 1.807) is 40.7 Å². The van der Waals surface area contributed by atoms with Crippen molar-refractivity contribution in [1.82, 2.24) is 36.1 Å². The molecule has 13 heteroatoms. The standard InChI is InChI=1S/C30H45N7O6/c1-8-10-20-11-14-37(25(20)29(42)33-16-22(38)27(40)34-19(7)9-2)30(43)24(18(5)6)36-28(41)23(17(3)4)35-26(39)21-15-31-12-13-32-21/h8,12-13,15,17-20,23-25H,1,9-11,14,16H2,2-7H3,(H,33,42)(H,34,40)(H,35,39)(H,36,41)/t19-,20-,23?,24?,25-/m0/s1. The molecule has 1 aliphatic heterocycles. The maximum absolute atomic E-state index is 13.9. The Hall–Kier alpha value is -4.16. The number of hydrogen-bond acceptors (Lipinski definition) is 8. The van der Waals surface area contributed by atoms with Crippen molar-refractivity contribution >= 4 is 35.3 Å². The third-order valence-electron chi connectivity index (χ3n) is 7.47. The van der Waals surface area contributed by atoms with Gasteiger partial charge in [0.2, 0.25) is 23.5 Å². The van der Waals surface area contributed by atoms with Crippen LogP contribution in [-0.4, -0.2) is 87.4 Å². The first-order valence-corrected chi connectivity index (χ1v) is 14.7. The lowest BCUT2D eigenvalue weighted by Crippen LogP contribution is -2.59. The number of likely N-dealkylation sites (tertiary alicyclic amines) is 1. The molecule has 1 aliphatic rings. The fraction of sp³-hybridized carbons (Fsp3) is 0.600. The van der Waals surface area contributed by atoms with Crippen molar-refractivity contribution in [2.24, 2.45) is 17.8 Å². The normalized spacial score (nSPS) is 18.4. The molecule has 2 heterocycles. The predicted octanol–water partition coefficient (Wildman–Crippen LogP) is 0.765. The smallest absolute Gasteiger partial charge is 0.289 e. The monoisotopic (exact) mass is 599 g/mol. The van der Waals surface area contributed by atoms with Crippen molar-refractivity contribution < 1.29 is 28.8 Å². The zero-order valence-corrected chi connectivity index (χ0v) is 25.9. The number of hydrogen-bond donors (Lipinski definition) is 4. The lowest BCUT2D eigenvalue weighted by Gasteiger charge is -2.33. The molecule has 1 saturated heterocycles. The van der Waals surface area contributed by atoms with Crippen LogP contribution in [0.4, 0.5) is 0 Å². The number of carbonyl (C=O) groups is 6. The number of aromatic nitrogens is 2. The molecule has 1 aromatic rings. The van der Waals surface area contributed by atoms with Gasteiger partial charge >= 0.3 is 0 Å². The molecule has 0 radical (unpaired) electrons. The van der Waals surface area contributed by atoms with Gasteiger partial charge in [0.15, 0.2) is 0 Å². The van der Waals surface area contributed by atoms with Crippen molar-refractivity contribution in [2.75, 3.05) is 13.1 Å². The molecule has 1 fully saturated rings. The number of ketones is 1. The van der Waals surface area contributed by atoms with Gasteiger partial charge in [-0.05, 0) is 43.9 Å². The first-order valence-electron chi connectivity index (χ1n) is 14.7. The Morgan fingerprint density at radius 2 is 1.67 bits per heavy atom. The van der Waals surface area contributed by atoms with Crippen molar-refractivity contribution in [1.29, 1.82) is 0 Å². The number of rotatable bonds is 15. The van der Waals surface area contributed by atoms with Gasteiger partial charge in [-0.25, -0.2) is 4.98 Å². The average Bonchev–Trinajstić information content (AvgIpc) is 3.40. The van der Waals surface area contributed by atoms with E-state index in [2.05, 4.69) is 37.8 Å². The molecule has 0 bridgehead atoms. The molecule has 1 aromatic heterocycles. The van der Waals surface area contributed by atoms with Gasteiger partial charge < -0.3 is 26.2 Å². The summed E-state index contributed by atoms with van der Waals surface area (Å²) in [5.41, 5.74) is 0.0486. The van der Waals surface area contributed by atoms with E-state index < -0.39 is 60.0 Å². The van der Waals surface area contributed by atoms with Crippen molar-refractivity contribution in [3.8, 4) is 0 Å². The third kappa shape index (κ3) is 9.69. The summed E-state index contributed by atoms with van der Waals surface area (Å²) < 4.78 is 0. The number of nitrogens with one attached hydrogen (secondary N) is 4. The Kier molecular flexibility index (Phi) is 13.4. The fourth-order valence-electron chi connectivity index (χ4n) is 4.78. The highest BCUT2D eigenvalue weighted by Crippen LogP contribution is 2.29. The number of carbonyl (C=O) groups excluding carboxylic acids is 6. The van der Waals surface area contributed by atoms with Crippen LogP contribution < -0.4 is 21.3 Å². The summed E-state index contributed by atoms with van der Waals surface area (Å²) in [6, 6.07) is -3.08. The summed E-state index contributed by atoms with van der Waals surface area (Å²) in [5, 5.41) is 10.6. The summed E-state index contributed by atoms with van der Waals surface area (Å²) in [6.45, 7) is 14.2. The molecule has 0 aliphatic carbocycles.